The predicted molar refractivity (Wildman–Crippen MR) is 111 cm³/mol. The second kappa shape index (κ2) is 7.70. The lowest BCUT2D eigenvalue weighted by Crippen LogP contribution is -2.31. The molecule has 1 aromatic carbocycles. The normalized spacial score (nSPS) is 15.3. The lowest BCUT2D eigenvalue weighted by molar-refractivity contribution is -0.116. The van der Waals surface area contributed by atoms with Gasteiger partial charge < -0.3 is 15.4 Å². The average molecular weight is 383 g/mol. The van der Waals surface area contributed by atoms with Crippen LogP contribution in [0.4, 0.5) is 0 Å². The van der Waals surface area contributed by atoms with E-state index in [-0.39, 0.29) is 17.4 Å². The Morgan fingerprint density at radius 2 is 2.00 bits per heavy atom. The molecule has 0 spiro atoms. The summed E-state index contributed by atoms with van der Waals surface area (Å²) in [5, 5.41) is 11.2. The summed E-state index contributed by atoms with van der Waals surface area (Å²) in [4.78, 5) is 12.8. The summed E-state index contributed by atoms with van der Waals surface area (Å²) in [6, 6.07) is 8.05. The van der Waals surface area contributed by atoms with Crippen LogP contribution in [0.1, 0.15) is 50.2 Å². The number of carbonyl (C=O) groups excluding carboxylic acids is 1. The number of methoxy groups -OCH3 is 1. The Bertz CT molecular complexity index is 892. The van der Waals surface area contributed by atoms with Crippen molar-refractivity contribution in [1.82, 2.24) is 20.4 Å². The number of ether oxygens (including phenoxy) is 1. The standard InChI is InChI=1S/C22H30N4O2/c1-14(2)24-21(27)18-11-23-13-22(4,5)19-15(3)26(25-20(18)19)12-16-7-9-17(28-6)10-8-16/h7-11,14,23H,12-13H2,1-6H3,(H,24,27). The smallest absolute Gasteiger partial charge is 0.255 e. The minimum atomic E-state index is -0.145. The molecule has 0 bridgehead atoms. The third-order valence-corrected chi connectivity index (χ3v) is 5.08. The Balaban J connectivity index is 2.02. The van der Waals surface area contributed by atoms with Gasteiger partial charge in [0.25, 0.3) is 5.91 Å². The third-order valence-electron chi connectivity index (χ3n) is 5.08. The molecule has 1 amide bonds. The first-order valence-corrected chi connectivity index (χ1v) is 9.68. The topological polar surface area (TPSA) is 68.2 Å². The monoisotopic (exact) mass is 382 g/mol. The number of benzene rings is 1. The maximum atomic E-state index is 12.8. The van der Waals surface area contributed by atoms with Crippen LogP contribution < -0.4 is 15.4 Å². The maximum absolute atomic E-state index is 12.8. The minimum absolute atomic E-state index is 0.0654. The number of aromatic nitrogens is 2. The number of rotatable bonds is 5. The zero-order chi connectivity index (χ0) is 20.5. The summed E-state index contributed by atoms with van der Waals surface area (Å²) in [6.07, 6.45) is 1.80. The first-order chi connectivity index (χ1) is 13.2. The number of nitrogens with zero attached hydrogens (tertiary/aromatic N) is 2. The molecule has 0 aliphatic carbocycles. The number of fused-ring (bicyclic) bond motifs is 1. The van der Waals surface area contributed by atoms with Crippen LogP contribution >= 0.6 is 0 Å². The van der Waals surface area contributed by atoms with Crippen molar-refractivity contribution in [2.75, 3.05) is 13.7 Å². The Morgan fingerprint density at radius 3 is 2.61 bits per heavy atom. The molecule has 1 aromatic heterocycles. The summed E-state index contributed by atoms with van der Waals surface area (Å²) < 4.78 is 7.24. The fourth-order valence-corrected chi connectivity index (χ4v) is 3.68. The van der Waals surface area contributed by atoms with Crippen molar-refractivity contribution in [2.24, 2.45) is 0 Å². The summed E-state index contributed by atoms with van der Waals surface area (Å²) in [5.74, 6) is 0.732. The van der Waals surface area contributed by atoms with Gasteiger partial charge in [-0.2, -0.15) is 5.10 Å². The zero-order valence-electron chi connectivity index (χ0n) is 17.6. The van der Waals surface area contributed by atoms with E-state index in [1.54, 1.807) is 13.3 Å². The summed E-state index contributed by atoms with van der Waals surface area (Å²) >= 11 is 0. The molecule has 2 aromatic rings. The molecule has 0 atom stereocenters. The highest BCUT2D eigenvalue weighted by Crippen LogP contribution is 2.35. The summed E-state index contributed by atoms with van der Waals surface area (Å²) in [7, 11) is 1.66. The van der Waals surface area contributed by atoms with Crippen molar-refractivity contribution >= 4 is 11.5 Å². The van der Waals surface area contributed by atoms with Crippen molar-refractivity contribution in [3.63, 3.8) is 0 Å². The molecule has 0 saturated carbocycles. The van der Waals surface area contributed by atoms with Gasteiger partial charge in [0.05, 0.1) is 19.2 Å². The Kier molecular flexibility index (Phi) is 5.49. The van der Waals surface area contributed by atoms with Crippen molar-refractivity contribution in [3.8, 4) is 5.75 Å². The predicted octanol–water partition coefficient (Wildman–Crippen LogP) is 2.99. The molecule has 2 N–H and O–H groups in total. The van der Waals surface area contributed by atoms with Crippen molar-refractivity contribution in [1.29, 1.82) is 0 Å². The van der Waals surface area contributed by atoms with Gasteiger partial charge in [0.1, 0.15) is 11.4 Å². The molecule has 150 valence electrons. The maximum Gasteiger partial charge on any atom is 0.255 e. The molecular formula is C22H30N4O2. The highest BCUT2D eigenvalue weighted by molar-refractivity contribution is 6.19. The van der Waals surface area contributed by atoms with E-state index in [0.717, 1.165) is 34.8 Å². The van der Waals surface area contributed by atoms with Gasteiger partial charge in [0.15, 0.2) is 0 Å². The van der Waals surface area contributed by atoms with E-state index in [1.807, 2.05) is 42.8 Å². The van der Waals surface area contributed by atoms with Crippen LogP contribution in [0.25, 0.3) is 5.57 Å². The van der Waals surface area contributed by atoms with E-state index < -0.39 is 0 Å². The molecule has 0 radical (unpaired) electrons. The fourth-order valence-electron chi connectivity index (χ4n) is 3.68. The van der Waals surface area contributed by atoms with E-state index in [4.69, 9.17) is 9.84 Å². The minimum Gasteiger partial charge on any atom is -0.497 e. The first-order valence-electron chi connectivity index (χ1n) is 9.68. The number of amides is 1. The van der Waals surface area contributed by atoms with Crippen LogP contribution in [-0.4, -0.2) is 35.4 Å². The van der Waals surface area contributed by atoms with E-state index >= 15 is 0 Å². The van der Waals surface area contributed by atoms with Gasteiger partial charge in [0, 0.05) is 35.5 Å². The quantitative estimate of drug-likeness (QED) is 0.834. The van der Waals surface area contributed by atoms with Crippen LogP contribution in [0.2, 0.25) is 0 Å². The van der Waals surface area contributed by atoms with E-state index in [1.165, 1.54) is 0 Å². The van der Waals surface area contributed by atoms with Crippen LogP contribution in [-0.2, 0) is 16.8 Å². The van der Waals surface area contributed by atoms with Gasteiger partial charge in [-0.1, -0.05) is 26.0 Å². The van der Waals surface area contributed by atoms with Gasteiger partial charge in [-0.25, -0.2) is 0 Å². The fraction of sp³-hybridized carbons (Fsp3) is 0.455. The van der Waals surface area contributed by atoms with Gasteiger partial charge in [-0.3, -0.25) is 9.48 Å². The number of hydrogen-bond donors (Lipinski definition) is 2. The van der Waals surface area contributed by atoms with Gasteiger partial charge >= 0.3 is 0 Å². The van der Waals surface area contributed by atoms with Gasteiger partial charge in [-0.05, 0) is 38.5 Å². The summed E-state index contributed by atoms with van der Waals surface area (Å²) in [6.45, 7) is 11.8. The Morgan fingerprint density at radius 1 is 1.32 bits per heavy atom. The Hall–Kier alpha value is -2.76. The molecule has 6 heteroatoms. The molecule has 1 aliphatic heterocycles. The Labute approximate surface area is 167 Å². The van der Waals surface area contributed by atoms with Crippen LogP contribution in [0.3, 0.4) is 0 Å². The molecule has 0 unspecified atom stereocenters. The first kappa shape index (κ1) is 20.0. The van der Waals surface area contributed by atoms with E-state index in [0.29, 0.717) is 12.1 Å². The molecule has 3 rings (SSSR count). The van der Waals surface area contributed by atoms with E-state index in [9.17, 15) is 4.79 Å². The van der Waals surface area contributed by atoms with Gasteiger partial charge in [-0.15, -0.1) is 0 Å². The lowest BCUT2D eigenvalue weighted by atomic mass is 9.82. The van der Waals surface area contributed by atoms with Crippen LogP contribution in [0.15, 0.2) is 30.5 Å². The average Bonchev–Trinajstić information content (AvgIpc) is 2.88. The van der Waals surface area contributed by atoms with Crippen molar-refractivity contribution < 1.29 is 9.53 Å². The van der Waals surface area contributed by atoms with Crippen molar-refractivity contribution in [2.45, 2.75) is 52.6 Å². The zero-order valence-corrected chi connectivity index (χ0v) is 17.6. The molecule has 6 nitrogen and oxygen atoms in total. The molecule has 0 saturated heterocycles. The second-order valence-electron chi connectivity index (χ2n) is 8.27. The SMILES string of the molecule is COc1ccc(Cn2nc3c(c2C)C(C)(C)CNC=C3C(=O)NC(C)C)cc1. The molecule has 28 heavy (non-hydrogen) atoms. The highest BCUT2D eigenvalue weighted by Gasteiger charge is 2.34. The van der Waals surface area contributed by atoms with Crippen molar-refractivity contribution in [3.05, 3.63) is 53.0 Å². The lowest BCUT2D eigenvalue weighted by Gasteiger charge is -2.24. The largest absolute Gasteiger partial charge is 0.497 e. The molecule has 0 fully saturated rings. The number of hydrogen-bond acceptors (Lipinski definition) is 4. The van der Waals surface area contributed by atoms with Crippen LogP contribution in [0.5, 0.6) is 5.75 Å². The molecule has 1 aliphatic rings. The van der Waals surface area contributed by atoms with Crippen LogP contribution in [0, 0.1) is 6.92 Å². The van der Waals surface area contributed by atoms with E-state index in [2.05, 4.69) is 31.4 Å². The summed E-state index contributed by atoms with van der Waals surface area (Å²) in [5.41, 5.74) is 4.55. The molecule has 2 heterocycles. The second-order valence-corrected chi connectivity index (χ2v) is 8.27. The van der Waals surface area contributed by atoms with Gasteiger partial charge in [0.2, 0.25) is 0 Å². The highest BCUT2D eigenvalue weighted by atomic mass is 16.5. The molecular weight excluding hydrogens is 352 g/mol. The third kappa shape index (κ3) is 3.91. The number of nitrogens with one attached hydrogen (secondary N) is 2. The number of carbonyl (C=O) groups is 1.